The van der Waals surface area contributed by atoms with Gasteiger partial charge in [-0.15, -0.1) is 0 Å². The van der Waals surface area contributed by atoms with E-state index in [2.05, 4.69) is 290 Å². The SMILES string of the molecule is CC(C)(C)CC(C)(C)c1ccc(Oc2cc3c(cc2Oc2ccc(C(C)(C)CC(C)(C)C)cc2)-c2nc-3nc3[nH]c(nc4nc(nc5[nH]c(n2)c2cc(Oc6ccc(C(C)(C)CC(C)(C)C)cc6)c(Oc6ccc(C(C)(C)CC(C)(C)C)cc6)cc52)-c2cc(N)c(N)cc2-4)c2cc(Oc4ccc(C(C)(C)CC(C)(C)C)cc4)c(Oc4ccc(C(C)(C)CC(C)(C)C)cc4)cc32)cc1. The molecule has 0 unspecified atom stereocenters. The second-order valence-corrected chi connectivity index (χ2v) is 48.7. The lowest BCUT2D eigenvalue weighted by Gasteiger charge is -2.33. The Kier molecular flexibility index (Phi) is 24.5. The molecule has 0 spiro atoms. The number of hydrogen-bond donors (Lipinski definition) is 4. The number of aromatic amines is 2. The first-order valence-corrected chi connectivity index (χ1v) is 47.0. The zero-order valence-electron chi connectivity index (χ0n) is 84.0. The number of hydrogen-bond acceptors (Lipinski definition) is 14. The highest BCUT2D eigenvalue weighted by Crippen LogP contribution is 2.52. The van der Waals surface area contributed by atoms with Crippen molar-refractivity contribution in [3.63, 3.8) is 0 Å². The molecule has 0 atom stereocenters. The van der Waals surface area contributed by atoms with Gasteiger partial charge in [0.2, 0.25) is 0 Å². The number of aromatic nitrogens is 8. The molecule has 0 radical (unpaired) electrons. The summed E-state index contributed by atoms with van der Waals surface area (Å²) in [6.45, 7) is 68.8. The predicted molar refractivity (Wildman–Crippen MR) is 547 cm³/mol. The number of nitrogens with zero attached hydrogens (tertiary/aromatic N) is 6. The third-order valence-electron chi connectivity index (χ3n) is 25.2. The maximum absolute atomic E-state index is 7.25. The lowest BCUT2D eigenvalue weighted by Crippen LogP contribution is -2.24. The maximum Gasteiger partial charge on any atom is 0.170 e. The monoisotopic (exact) mass is 1770 g/mol. The zero-order valence-corrected chi connectivity index (χ0v) is 84.0. The third kappa shape index (κ3) is 21.8. The van der Waals surface area contributed by atoms with Gasteiger partial charge in [-0.2, -0.15) is 0 Å². The molecule has 6 N–H and O–H groups in total. The van der Waals surface area contributed by atoms with Crippen LogP contribution in [0.1, 0.15) is 280 Å². The molecule has 0 saturated heterocycles. The molecule has 15 rings (SSSR count). The van der Waals surface area contributed by atoms with Crippen LogP contribution in [0.3, 0.4) is 0 Å². The minimum absolute atomic E-state index is 0.0845. The fourth-order valence-corrected chi connectivity index (χ4v) is 21.5. The molecule has 10 aromatic carbocycles. The average Bonchev–Trinajstić information content (AvgIpc) is 1.58. The maximum atomic E-state index is 7.25. The second kappa shape index (κ2) is 34.2. The summed E-state index contributed by atoms with van der Waals surface area (Å²) in [5, 5.41) is 2.49. The Labute approximate surface area is 783 Å². The number of ether oxygens (including phenoxy) is 6. The topological polar surface area (TPSA) is 216 Å². The second-order valence-electron chi connectivity index (χ2n) is 48.7. The smallest absolute Gasteiger partial charge is 0.170 e. The van der Waals surface area contributed by atoms with Crippen molar-refractivity contribution >= 4 is 55.5 Å². The van der Waals surface area contributed by atoms with E-state index in [0.717, 1.165) is 38.5 Å². The molecule has 0 fully saturated rings. The number of benzene rings is 10. The average molecular weight is 1770 g/mol. The van der Waals surface area contributed by atoms with E-state index in [1.165, 1.54) is 33.4 Å². The largest absolute Gasteiger partial charge is 0.453 e. The van der Waals surface area contributed by atoms with Gasteiger partial charge in [-0.3, -0.25) is 0 Å². The van der Waals surface area contributed by atoms with Crippen molar-refractivity contribution in [3.8, 4) is 115 Å². The number of nitrogen functional groups attached to an aromatic ring is 2. The molecule has 16 heteroatoms. The van der Waals surface area contributed by atoms with Crippen LogP contribution in [-0.4, -0.2) is 39.9 Å². The molecule has 132 heavy (non-hydrogen) atoms. The molecular formula is C116H140N10O6. The lowest BCUT2D eigenvalue weighted by molar-refractivity contribution is 0.283. The summed E-state index contributed by atoms with van der Waals surface area (Å²) in [4.78, 5) is 41.1. The van der Waals surface area contributed by atoms with Gasteiger partial charge in [-0.05, 0) is 258 Å². The molecule has 2 aliphatic rings. The zero-order chi connectivity index (χ0) is 95.6. The van der Waals surface area contributed by atoms with E-state index in [1.807, 2.05) is 121 Å². The summed E-state index contributed by atoms with van der Waals surface area (Å²) in [5.74, 6) is 7.31. The first-order valence-electron chi connectivity index (χ1n) is 47.0. The summed E-state index contributed by atoms with van der Waals surface area (Å²) < 4.78 is 43.3. The molecule has 690 valence electrons. The Morgan fingerprint density at radius 1 is 0.205 bits per heavy atom. The van der Waals surface area contributed by atoms with Crippen molar-refractivity contribution in [2.45, 2.75) is 279 Å². The van der Waals surface area contributed by atoms with Crippen molar-refractivity contribution in [2.75, 3.05) is 11.5 Å². The Balaban J connectivity index is 1.02. The number of fused-ring (bicyclic) bond motifs is 20. The van der Waals surface area contributed by atoms with Crippen molar-refractivity contribution < 1.29 is 28.4 Å². The van der Waals surface area contributed by atoms with Gasteiger partial charge in [-0.1, -0.05) is 281 Å². The Morgan fingerprint density at radius 3 is 0.515 bits per heavy atom. The summed E-state index contributed by atoms with van der Waals surface area (Å²) >= 11 is 0. The van der Waals surface area contributed by atoms with E-state index in [-0.39, 0.29) is 65.0 Å². The third-order valence-corrected chi connectivity index (χ3v) is 25.2. The number of anilines is 2. The van der Waals surface area contributed by atoms with Crippen LogP contribution >= 0.6 is 0 Å². The molecule has 0 amide bonds. The minimum Gasteiger partial charge on any atom is -0.453 e. The fraction of sp³-hybridized carbons (Fsp3) is 0.414. The van der Waals surface area contributed by atoms with Gasteiger partial charge < -0.3 is 49.9 Å². The standard InChI is InChI=1S/C116H140N10O6/c1-105(2,3)63-111(19,20)69-31-43-75(44-32-69)127-91-57-83-85(59-93(91)129-77-47-35-71(36-48-77)113(23,24)65-107(7,8)9)101-122-99(83)120-97-81-55-89(117)90(118)56-82(81)98(119-97)121-100-84-58-92(128-76-45-33-70(34-46-76)112(21,22)64-106(4,5)6)94(130-78-49-37-72(38-50-78)114(25,26)66-108(10,11)12)60-86(84)102(123-100)125-104-88-62-96(132-80-53-41-74(42-54-80)116(29,30)68-110(16,17)18)95(61-87(88)103(124-101)126-104)131-79-51-39-73(40-52-79)115(27,28)67-109(13,14)15/h31-62H,63-68,117-118H2,1-30H3,(H2,119,120,121,122,123,124,125,126). The number of H-pyrrole nitrogens is 2. The minimum atomic E-state index is -0.136. The fourth-order valence-electron chi connectivity index (χ4n) is 21.5. The highest BCUT2D eigenvalue weighted by molar-refractivity contribution is 6.08. The van der Waals surface area contributed by atoms with Crippen molar-refractivity contribution in [2.24, 2.45) is 32.5 Å². The number of nitrogens with two attached hydrogens (primary N) is 2. The van der Waals surface area contributed by atoms with Gasteiger partial charge in [-0.25, -0.2) is 29.9 Å². The molecule has 8 bridgehead atoms. The highest BCUT2D eigenvalue weighted by atomic mass is 16.5. The van der Waals surface area contributed by atoms with E-state index in [0.29, 0.717) is 170 Å². The quantitative estimate of drug-likeness (QED) is 0.0414. The summed E-state index contributed by atoms with van der Waals surface area (Å²) in [5.41, 5.74) is 25.3. The first-order chi connectivity index (χ1) is 61.2. The van der Waals surface area contributed by atoms with Crippen LogP contribution in [0.25, 0.3) is 89.7 Å². The molecule has 0 aliphatic carbocycles. The van der Waals surface area contributed by atoms with Crippen LogP contribution < -0.4 is 39.9 Å². The van der Waals surface area contributed by atoms with E-state index < -0.39 is 0 Å². The molecule has 2 aliphatic heterocycles. The van der Waals surface area contributed by atoms with Crippen LogP contribution in [0.5, 0.6) is 69.0 Å². The van der Waals surface area contributed by atoms with Crippen LogP contribution in [0.15, 0.2) is 194 Å². The molecule has 0 saturated carbocycles. The Bertz CT molecular complexity index is 6270. The molecule has 16 nitrogen and oxygen atoms in total. The summed E-state index contributed by atoms with van der Waals surface area (Å²) in [6.07, 6.45) is 5.84. The summed E-state index contributed by atoms with van der Waals surface area (Å²) in [6, 6.07) is 65.9. The van der Waals surface area contributed by atoms with Gasteiger partial charge in [0, 0.05) is 43.8 Å². The van der Waals surface area contributed by atoms with Crippen LogP contribution in [0, 0.1) is 32.5 Å². The molecule has 13 aromatic rings. The molecular weight excluding hydrogens is 1630 g/mol. The highest BCUT2D eigenvalue weighted by Gasteiger charge is 2.36. The normalized spacial score (nSPS) is 13.3. The van der Waals surface area contributed by atoms with Crippen molar-refractivity contribution in [1.29, 1.82) is 0 Å². The molecule has 3 aromatic heterocycles. The van der Waals surface area contributed by atoms with Gasteiger partial charge in [0.25, 0.3) is 0 Å². The Morgan fingerprint density at radius 2 is 0.356 bits per heavy atom. The van der Waals surface area contributed by atoms with Gasteiger partial charge >= 0.3 is 0 Å². The van der Waals surface area contributed by atoms with Crippen LogP contribution in [0.2, 0.25) is 0 Å². The van der Waals surface area contributed by atoms with Gasteiger partial charge in [0.1, 0.15) is 57.1 Å². The number of nitrogens with one attached hydrogen (secondary N) is 2. The van der Waals surface area contributed by atoms with Crippen molar-refractivity contribution in [3.05, 3.63) is 228 Å². The van der Waals surface area contributed by atoms with E-state index in [9.17, 15) is 0 Å². The van der Waals surface area contributed by atoms with E-state index >= 15 is 0 Å². The summed E-state index contributed by atoms with van der Waals surface area (Å²) in [7, 11) is 0. The van der Waals surface area contributed by atoms with Gasteiger partial charge in [0.05, 0.1) is 11.4 Å². The Hall–Kier alpha value is -12.0. The van der Waals surface area contributed by atoms with Crippen LogP contribution in [-0.2, 0) is 32.5 Å². The van der Waals surface area contributed by atoms with Crippen molar-refractivity contribution in [1.82, 2.24) is 39.9 Å². The molecule has 5 heterocycles. The van der Waals surface area contributed by atoms with E-state index in [4.69, 9.17) is 69.8 Å². The van der Waals surface area contributed by atoms with Crippen LogP contribution in [0.4, 0.5) is 11.4 Å². The van der Waals surface area contributed by atoms with Gasteiger partial charge in [0.15, 0.2) is 57.8 Å². The first kappa shape index (κ1) is 94.6. The van der Waals surface area contributed by atoms with E-state index in [1.54, 1.807) is 0 Å². The predicted octanol–water partition coefficient (Wildman–Crippen LogP) is 33.1. The lowest BCUT2D eigenvalue weighted by atomic mass is 9.72. The number of rotatable bonds is 24.